The number of esters is 1. The zero-order valence-electron chi connectivity index (χ0n) is 16.0. The van der Waals surface area contributed by atoms with E-state index in [1.54, 1.807) is 19.9 Å². The highest BCUT2D eigenvalue weighted by molar-refractivity contribution is 6.43. The van der Waals surface area contributed by atoms with Crippen molar-refractivity contribution in [3.63, 3.8) is 0 Å². The number of benzene rings is 1. The van der Waals surface area contributed by atoms with Crippen LogP contribution in [0, 0.1) is 12.7 Å². The lowest BCUT2D eigenvalue weighted by Gasteiger charge is -2.25. The van der Waals surface area contributed by atoms with Gasteiger partial charge in [0, 0.05) is 29.9 Å². The molecule has 1 amide bonds. The topological polar surface area (TPSA) is 79.5 Å². The predicted molar refractivity (Wildman–Crippen MR) is 102 cm³/mol. The van der Waals surface area contributed by atoms with E-state index in [2.05, 4.69) is 4.98 Å². The maximum atomic E-state index is 14.5. The van der Waals surface area contributed by atoms with Gasteiger partial charge in [0.1, 0.15) is 11.5 Å². The van der Waals surface area contributed by atoms with E-state index in [9.17, 15) is 18.8 Å². The molecule has 1 aromatic carbocycles. The second-order valence-corrected chi connectivity index (χ2v) is 6.76. The van der Waals surface area contributed by atoms with Crippen molar-refractivity contribution in [1.29, 1.82) is 0 Å². The van der Waals surface area contributed by atoms with Gasteiger partial charge in [0.2, 0.25) is 0 Å². The molecule has 0 atom stereocenters. The van der Waals surface area contributed by atoms with Gasteiger partial charge in [-0.1, -0.05) is 18.2 Å². The van der Waals surface area contributed by atoms with Crippen LogP contribution in [0.25, 0.3) is 11.1 Å². The van der Waals surface area contributed by atoms with Gasteiger partial charge in [-0.25, -0.2) is 9.18 Å². The van der Waals surface area contributed by atoms with Gasteiger partial charge in [-0.15, -0.1) is 0 Å². The molecule has 1 aliphatic rings. The van der Waals surface area contributed by atoms with Crippen LogP contribution in [0.1, 0.15) is 52.7 Å². The van der Waals surface area contributed by atoms with Crippen molar-refractivity contribution < 1.29 is 23.5 Å². The van der Waals surface area contributed by atoms with E-state index in [1.807, 2.05) is 0 Å². The van der Waals surface area contributed by atoms with Crippen molar-refractivity contribution in [3.05, 3.63) is 47.0 Å². The number of nitrogens with zero attached hydrogens (tertiary/aromatic N) is 1. The number of halogens is 1. The lowest BCUT2D eigenvalue weighted by Crippen LogP contribution is -2.40. The summed E-state index contributed by atoms with van der Waals surface area (Å²) >= 11 is 0. The molecule has 148 valence electrons. The normalized spacial score (nSPS) is 14.0. The molecular weight excluding hydrogens is 363 g/mol. The Morgan fingerprint density at radius 2 is 1.82 bits per heavy atom. The molecule has 1 aromatic heterocycles. The number of hydrogen-bond donors (Lipinski definition) is 1. The van der Waals surface area contributed by atoms with Crippen LogP contribution in [0.15, 0.2) is 24.3 Å². The summed E-state index contributed by atoms with van der Waals surface area (Å²) in [7, 11) is 0. The van der Waals surface area contributed by atoms with Crippen LogP contribution >= 0.6 is 0 Å². The summed E-state index contributed by atoms with van der Waals surface area (Å²) in [6.07, 6.45) is 2.71. The smallest absolute Gasteiger partial charge is 0.340 e. The first-order valence-corrected chi connectivity index (χ1v) is 9.43. The average molecular weight is 386 g/mol. The molecule has 1 aliphatic heterocycles. The predicted octanol–water partition coefficient (Wildman–Crippen LogP) is 3.50. The summed E-state index contributed by atoms with van der Waals surface area (Å²) in [5.74, 6) is -2.68. The molecule has 7 heteroatoms. The maximum absolute atomic E-state index is 14.5. The Bertz CT molecular complexity index is 913. The minimum absolute atomic E-state index is 0.0711. The molecule has 1 saturated heterocycles. The Morgan fingerprint density at radius 3 is 2.46 bits per heavy atom. The highest BCUT2D eigenvalue weighted by atomic mass is 19.1. The molecule has 0 bridgehead atoms. The Morgan fingerprint density at radius 1 is 1.14 bits per heavy atom. The number of piperidine rings is 1. The number of H-pyrrole nitrogens is 1. The van der Waals surface area contributed by atoms with E-state index < -0.39 is 23.5 Å². The van der Waals surface area contributed by atoms with Crippen molar-refractivity contribution in [2.24, 2.45) is 0 Å². The Hall–Kier alpha value is -2.96. The van der Waals surface area contributed by atoms with Crippen molar-refractivity contribution in [2.45, 2.75) is 33.1 Å². The van der Waals surface area contributed by atoms with Gasteiger partial charge >= 0.3 is 5.97 Å². The van der Waals surface area contributed by atoms with E-state index in [0.29, 0.717) is 18.8 Å². The molecule has 1 fully saturated rings. The Balaban J connectivity index is 2.12. The van der Waals surface area contributed by atoms with E-state index in [4.69, 9.17) is 4.74 Å². The van der Waals surface area contributed by atoms with Crippen LogP contribution in [0.4, 0.5) is 4.39 Å². The number of likely N-dealkylation sites (tertiary alicyclic amines) is 1. The van der Waals surface area contributed by atoms with Gasteiger partial charge in [-0.05, 0) is 39.2 Å². The van der Waals surface area contributed by atoms with Gasteiger partial charge in [0.05, 0.1) is 12.2 Å². The number of carbonyl (C=O) groups is 3. The number of amides is 1. The molecule has 0 aliphatic carbocycles. The second kappa shape index (κ2) is 8.37. The van der Waals surface area contributed by atoms with E-state index >= 15 is 0 Å². The molecule has 0 saturated carbocycles. The Kier molecular flexibility index (Phi) is 5.92. The number of aryl methyl sites for hydroxylation is 1. The molecule has 6 nitrogen and oxygen atoms in total. The van der Waals surface area contributed by atoms with Crippen molar-refractivity contribution in [2.75, 3.05) is 19.7 Å². The summed E-state index contributed by atoms with van der Waals surface area (Å²) in [6.45, 7) is 4.43. The van der Waals surface area contributed by atoms with E-state index in [1.165, 1.54) is 23.1 Å². The fourth-order valence-electron chi connectivity index (χ4n) is 3.53. The number of aromatic amines is 1. The summed E-state index contributed by atoms with van der Waals surface area (Å²) in [4.78, 5) is 42.6. The zero-order chi connectivity index (χ0) is 20.3. The number of hydrogen-bond acceptors (Lipinski definition) is 4. The summed E-state index contributed by atoms with van der Waals surface area (Å²) in [6, 6.07) is 5.84. The molecule has 2 aromatic rings. The minimum atomic E-state index is -0.779. The van der Waals surface area contributed by atoms with Gasteiger partial charge in [-0.2, -0.15) is 0 Å². The highest BCUT2D eigenvalue weighted by Gasteiger charge is 2.33. The summed E-state index contributed by atoms with van der Waals surface area (Å²) in [5, 5.41) is 0. The number of ether oxygens (including phenoxy) is 1. The molecule has 3 rings (SSSR count). The zero-order valence-corrected chi connectivity index (χ0v) is 16.0. The van der Waals surface area contributed by atoms with Gasteiger partial charge in [0.25, 0.3) is 11.7 Å². The molecule has 28 heavy (non-hydrogen) atoms. The number of rotatable bonds is 5. The first-order valence-electron chi connectivity index (χ1n) is 9.43. The van der Waals surface area contributed by atoms with Crippen LogP contribution in [-0.2, 0) is 9.53 Å². The quantitative estimate of drug-likeness (QED) is 0.485. The molecule has 2 heterocycles. The number of ketones is 1. The second-order valence-electron chi connectivity index (χ2n) is 6.76. The van der Waals surface area contributed by atoms with Gasteiger partial charge in [-0.3, -0.25) is 9.59 Å². The third-order valence-electron chi connectivity index (χ3n) is 4.87. The van der Waals surface area contributed by atoms with Crippen LogP contribution in [0.5, 0.6) is 0 Å². The third kappa shape index (κ3) is 3.69. The van der Waals surface area contributed by atoms with Gasteiger partial charge in [0.15, 0.2) is 0 Å². The summed E-state index contributed by atoms with van der Waals surface area (Å²) in [5.41, 5.74) is 0.489. The first kappa shape index (κ1) is 19.8. The number of aromatic nitrogens is 1. The maximum Gasteiger partial charge on any atom is 0.340 e. The number of carbonyl (C=O) groups excluding carboxylic acids is 3. The lowest BCUT2D eigenvalue weighted by atomic mass is 9.97. The average Bonchev–Trinajstić information content (AvgIpc) is 3.05. The van der Waals surface area contributed by atoms with Crippen molar-refractivity contribution >= 4 is 17.7 Å². The molecule has 0 spiro atoms. The van der Waals surface area contributed by atoms with Crippen molar-refractivity contribution in [3.8, 4) is 11.1 Å². The molecule has 0 unspecified atom stereocenters. The van der Waals surface area contributed by atoms with Crippen LogP contribution < -0.4 is 0 Å². The SMILES string of the molecule is CCOC(=O)c1c(C)[nH]c(C(=O)C(=O)N2CCCCC2)c1-c1ccccc1F. The minimum Gasteiger partial charge on any atom is -0.462 e. The highest BCUT2D eigenvalue weighted by Crippen LogP contribution is 2.33. The van der Waals surface area contributed by atoms with Crippen LogP contribution in [0.2, 0.25) is 0 Å². The summed E-state index contributed by atoms with van der Waals surface area (Å²) < 4.78 is 19.6. The van der Waals surface area contributed by atoms with E-state index in [-0.39, 0.29) is 29.0 Å². The van der Waals surface area contributed by atoms with E-state index in [0.717, 1.165) is 19.3 Å². The first-order chi connectivity index (χ1) is 13.5. The van der Waals surface area contributed by atoms with Gasteiger partial charge < -0.3 is 14.6 Å². The number of Topliss-reactive ketones (excluding diaryl/α,β-unsaturated/α-hetero) is 1. The number of nitrogens with one attached hydrogen (secondary N) is 1. The van der Waals surface area contributed by atoms with Crippen LogP contribution in [-0.4, -0.2) is 47.2 Å². The molecule has 0 radical (unpaired) electrons. The van der Waals surface area contributed by atoms with Crippen LogP contribution in [0.3, 0.4) is 0 Å². The lowest BCUT2D eigenvalue weighted by molar-refractivity contribution is -0.127. The molecule has 1 N–H and O–H groups in total. The standard InChI is InChI=1S/C21H23FN2O4/c1-3-28-21(27)16-13(2)23-18(17(16)14-9-5-6-10-15(14)22)19(25)20(26)24-11-7-4-8-12-24/h5-6,9-10,23H,3-4,7-8,11-12H2,1-2H3. The monoisotopic (exact) mass is 386 g/mol. The van der Waals surface area contributed by atoms with Crippen molar-refractivity contribution in [1.82, 2.24) is 9.88 Å². The fraction of sp³-hybridized carbons (Fsp3) is 0.381. The third-order valence-corrected chi connectivity index (χ3v) is 4.87. The fourth-order valence-corrected chi connectivity index (χ4v) is 3.53. The molecular formula is C21H23FN2O4. The largest absolute Gasteiger partial charge is 0.462 e. The Labute approximate surface area is 162 Å².